The third kappa shape index (κ3) is 3.79. The van der Waals surface area contributed by atoms with Crippen molar-refractivity contribution in [3.63, 3.8) is 0 Å². The number of aromatic nitrogens is 1. The first-order chi connectivity index (χ1) is 9.97. The molecule has 0 bridgehead atoms. The fourth-order valence-corrected chi connectivity index (χ4v) is 1.98. The molecule has 0 aliphatic carbocycles. The summed E-state index contributed by atoms with van der Waals surface area (Å²) in [6.07, 6.45) is 1.59. The van der Waals surface area contributed by atoms with Crippen LogP contribution < -0.4 is 10.3 Å². The number of halogens is 1. The molecule has 2 aromatic rings. The number of aromatic hydroxyl groups is 1. The van der Waals surface area contributed by atoms with E-state index >= 15 is 0 Å². The first-order valence-electron chi connectivity index (χ1n) is 6.25. The maximum absolute atomic E-state index is 11.8. The van der Waals surface area contributed by atoms with E-state index in [1.165, 1.54) is 13.0 Å². The van der Waals surface area contributed by atoms with Crippen LogP contribution in [0.15, 0.2) is 36.5 Å². The molecule has 0 unspecified atom stereocenters. The maximum Gasteiger partial charge on any atom is 0.320 e. The zero-order valence-corrected chi connectivity index (χ0v) is 12.1. The van der Waals surface area contributed by atoms with E-state index in [1.54, 1.807) is 24.4 Å². The minimum atomic E-state index is -0.541. The largest absolute Gasteiger partial charge is 0.502 e. The van der Waals surface area contributed by atoms with Gasteiger partial charge in [-0.25, -0.2) is 4.98 Å². The standard InChI is InChI=1S/C15H13ClN2O3/c1-9(19)7-18-15(21)14-13(20)6-11(8-17-14)10-3-2-4-12(16)5-10/h2-6,8,20H,7H2,1H3,(H,18,21)/p+1. The van der Waals surface area contributed by atoms with Gasteiger partial charge in [0.1, 0.15) is 5.78 Å². The zero-order chi connectivity index (χ0) is 15.4. The fraction of sp³-hybridized carbons (Fsp3) is 0.133. The van der Waals surface area contributed by atoms with Gasteiger partial charge in [-0.1, -0.05) is 23.7 Å². The summed E-state index contributed by atoms with van der Waals surface area (Å²) >= 11 is 5.92. The number of benzene rings is 1. The molecule has 0 aliphatic rings. The van der Waals surface area contributed by atoms with Crippen molar-refractivity contribution in [2.24, 2.45) is 0 Å². The van der Waals surface area contributed by atoms with E-state index in [-0.39, 0.29) is 23.8 Å². The molecule has 21 heavy (non-hydrogen) atoms. The van der Waals surface area contributed by atoms with Crippen molar-refractivity contribution >= 4 is 23.3 Å². The number of nitrogens with one attached hydrogen (secondary N) is 2. The van der Waals surface area contributed by atoms with Crippen molar-refractivity contribution in [3.05, 3.63) is 47.2 Å². The topological polar surface area (TPSA) is 80.5 Å². The van der Waals surface area contributed by atoms with Gasteiger partial charge in [0.2, 0.25) is 0 Å². The van der Waals surface area contributed by atoms with E-state index in [4.69, 9.17) is 11.6 Å². The second kappa shape index (κ2) is 6.37. The molecule has 3 N–H and O–H groups in total. The third-order valence-electron chi connectivity index (χ3n) is 2.80. The first-order valence-corrected chi connectivity index (χ1v) is 6.63. The number of rotatable bonds is 4. The van der Waals surface area contributed by atoms with Crippen LogP contribution in [0.1, 0.15) is 17.4 Å². The van der Waals surface area contributed by atoms with Crippen LogP contribution in [0.25, 0.3) is 11.1 Å². The Hall–Kier alpha value is -2.40. The number of carbonyl (C=O) groups is 2. The lowest BCUT2D eigenvalue weighted by Crippen LogP contribution is -2.32. The van der Waals surface area contributed by atoms with E-state index in [0.717, 1.165) is 5.56 Å². The second-order valence-corrected chi connectivity index (χ2v) is 4.98. The summed E-state index contributed by atoms with van der Waals surface area (Å²) < 4.78 is 0. The number of hydrogen-bond acceptors (Lipinski definition) is 3. The number of hydrogen-bond donors (Lipinski definition) is 2. The highest BCUT2D eigenvalue weighted by molar-refractivity contribution is 6.30. The Morgan fingerprint density at radius 2 is 2.05 bits per heavy atom. The third-order valence-corrected chi connectivity index (χ3v) is 3.04. The summed E-state index contributed by atoms with van der Waals surface area (Å²) in [7, 11) is 0. The average molecular weight is 306 g/mol. The second-order valence-electron chi connectivity index (χ2n) is 4.54. The van der Waals surface area contributed by atoms with Crippen LogP contribution in [0, 0.1) is 0 Å². The Morgan fingerprint density at radius 1 is 1.29 bits per heavy atom. The van der Waals surface area contributed by atoms with Crippen LogP contribution in [-0.2, 0) is 4.79 Å². The van der Waals surface area contributed by atoms with Crippen molar-refractivity contribution < 1.29 is 19.7 Å². The van der Waals surface area contributed by atoms with Gasteiger partial charge in [-0.2, -0.15) is 0 Å². The van der Waals surface area contributed by atoms with Gasteiger partial charge in [-0.15, -0.1) is 0 Å². The number of amides is 1. The molecule has 108 valence electrons. The smallest absolute Gasteiger partial charge is 0.320 e. The summed E-state index contributed by atoms with van der Waals surface area (Å²) in [5, 5.41) is 12.9. The van der Waals surface area contributed by atoms with Crippen LogP contribution in [0.2, 0.25) is 5.02 Å². The Kier molecular flexibility index (Phi) is 4.55. The van der Waals surface area contributed by atoms with Gasteiger partial charge < -0.3 is 10.4 Å². The van der Waals surface area contributed by atoms with E-state index < -0.39 is 5.91 Å². The molecule has 1 aromatic carbocycles. The lowest BCUT2D eigenvalue weighted by atomic mass is 10.1. The van der Waals surface area contributed by atoms with Crippen LogP contribution in [-0.4, -0.2) is 23.3 Å². The minimum Gasteiger partial charge on any atom is -0.502 e. The van der Waals surface area contributed by atoms with Gasteiger partial charge in [0.25, 0.3) is 0 Å². The number of pyridine rings is 1. The molecule has 1 amide bonds. The molecule has 0 saturated heterocycles. The number of ketones is 1. The van der Waals surface area contributed by atoms with E-state index in [9.17, 15) is 14.7 Å². The van der Waals surface area contributed by atoms with Crippen molar-refractivity contribution in [1.29, 1.82) is 0 Å². The van der Waals surface area contributed by atoms with Crippen molar-refractivity contribution in [2.45, 2.75) is 6.92 Å². The summed E-state index contributed by atoms with van der Waals surface area (Å²) in [5.74, 6) is -0.910. The lowest BCUT2D eigenvalue weighted by molar-refractivity contribution is -0.382. The van der Waals surface area contributed by atoms with Crippen LogP contribution in [0.4, 0.5) is 0 Å². The summed E-state index contributed by atoms with van der Waals surface area (Å²) in [5.41, 5.74) is 1.50. The maximum atomic E-state index is 11.8. The van der Waals surface area contributed by atoms with Crippen molar-refractivity contribution in [3.8, 4) is 16.9 Å². The fourth-order valence-electron chi connectivity index (χ4n) is 1.79. The zero-order valence-electron chi connectivity index (χ0n) is 11.3. The highest BCUT2D eigenvalue weighted by Crippen LogP contribution is 2.25. The predicted molar refractivity (Wildman–Crippen MR) is 78.1 cm³/mol. The lowest BCUT2D eigenvalue weighted by Gasteiger charge is -2.03. The average Bonchev–Trinajstić information content (AvgIpc) is 2.44. The molecule has 0 aliphatic heterocycles. The molecule has 0 radical (unpaired) electrons. The number of Topliss-reactive ketones (excluding diaryl/α,β-unsaturated/α-hetero) is 1. The van der Waals surface area contributed by atoms with Crippen molar-refractivity contribution in [1.82, 2.24) is 5.32 Å². The van der Waals surface area contributed by atoms with Gasteiger partial charge >= 0.3 is 11.6 Å². The Bertz CT molecular complexity index is 701. The molecule has 0 spiro atoms. The molecule has 0 saturated carbocycles. The minimum absolute atomic E-state index is 0.00188. The van der Waals surface area contributed by atoms with Gasteiger partial charge in [0, 0.05) is 16.7 Å². The van der Waals surface area contributed by atoms with Gasteiger partial charge in [-0.3, -0.25) is 9.59 Å². The monoisotopic (exact) mass is 305 g/mol. The number of carbonyl (C=O) groups excluding carboxylic acids is 2. The summed E-state index contributed by atoms with van der Waals surface area (Å²) in [4.78, 5) is 25.4. The summed E-state index contributed by atoms with van der Waals surface area (Å²) in [6.45, 7) is 1.29. The molecular weight excluding hydrogens is 292 g/mol. The molecule has 0 fully saturated rings. The quantitative estimate of drug-likeness (QED) is 0.904. The van der Waals surface area contributed by atoms with Gasteiger partial charge in [0.05, 0.1) is 6.54 Å². The Morgan fingerprint density at radius 3 is 2.67 bits per heavy atom. The molecule has 5 nitrogen and oxygen atoms in total. The van der Waals surface area contributed by atoms with E-state index in [2.05, 4.69) is 10.3 Å². The molecule has 6 heteroatoms. The molecule has 1 heterocycles. The van der Waals surface area contributed by atoms with Gasteiger partial charge in [-0.05, 0) is 24.6 Å². The van der Waals surface area contributed by atoms with E-state index in [0.29, 0.717) is 10.6 Å². The normalized spacial score (nSPS) is 10.2. The summed E-state index contributed by atoms with van der Waals surface area (Å²) in [6, 6.07) is 8.59. The van der Waals surface area contributed by atoms with Crippen molar-refractivity contribution in [2.75, 3.05) is 6.54 Å². The van der Waals surface area contributed by atoms with Gasteiger partial charge in [0.15, 0.2) is 11.9 Å². The Labute approximate surface area is 126 Å². The highest BCUT2D eigenvalue weighted by Gasteiger charge is 2.20. The molecule has 2 rings (SSSR count). The Balaban J connectivity index is 2.25. The van der Waals surface area contributed by atoms with E-state index in [1.807, 2.05) is 6.07 Å². The SMILES string of the molecule is CC(=O)CNC(=O)c1[nH+]cc(-c2cccc(Cl)c2)cc1O. The van der Waals surface area contributed by atoms with Crippen LogP contribution in [0.5, 0.6) is 5.75 Å². The van der Waals surface area contributed by atoms with Crippen LogP contribution >= 0.6 is 11.6 Å². The first kappa shape index (κ1) is 15.0. The number of H-pyrrole nitrogens is 1. The predicted octanol–water partition coefficient (Wildman–Crippen LogP) is 1.85. The number of aromatic amines is 1. The molecular formula is C15H14ClN2O3+. The van der Waals surface area contributed by atoms with Crippen LogP contribution in [0.3, 0.4) is 0 Å². The molecule has 0 atom stereocenters. The molecule has 1 aromatic heterocycles. The highest BCUT2D eigenvalue weighted by atomic mass is 35.5.